The fourth-order valence-electron chi connectivity index (χ4n) is 1.74. The lowest BCUT2D eigenvalue weighted by atomic mass is 10.2. The third-order valence-corrected chi connectivity index (χ3v) is 2.73. The summed E-state index contributed by atoms with van der Waals surface area (Å²) in [6, 6.07) is 6.37. The third-order valence-electron chi connectivity index (χ3n) is 2.73. The van der Waals surface area contributed by atoms with Crippen molar-refractivity contribution in [3.05, 3.63) is 64.3 Å². The van der Waals surface area contributed by atoms with E-state index >= 15 is 0 Å². The summed E-state index contributed by atoms with van der Waals surface area (Å²) >= 11 is 0. The van der Waals surface area contributed by atoms with E-state index in [1.807, 2.05) is 0 Å². The summed E-state index contributed by atoms with van der Waals surface area (Å²) in [6.07, 6.45) is -4.05. The molecule has 0 saturated carbocycles. The van der Waals surface area contributed by atoms with E-state index in [4.69, 9.17) is 0 Å². The van der Waals surface area contributed by atoms with Crippen LogP contribution >= 0.6 is 0 Å². The Hall–Kier alpha value is -2.64. The molecular formula is C14H10F4N2O2. The summed E-state index contributed by atoms with van der Waals surface area (Å²) in [5.74, 6) is -1.32. The molecule has 2 rings (SSSR count). The van der Waals surface area contributed by atoms with Crippen LogP contribution in [0.15, 0.2) is 47.4 Å². The van der Waals surface area contributed by atoms with E-state index < -0.39 is 35.6 Å². The number of alkyl halides is 3. The van der Waals surface area contributed by atoms with Crippen molar-refractivity contribution >= 4 is 11.6 Å². The van der Waals surface area contributed by atoms with Crippen molar-refractivity contribution in [2.24, 2.45) is 0 Å². The average molecular weight is 314 g/mol. The Morgan fingerprint density at radius 1 is 1.18 bits per heavy atom. The molecule has 0 unspecified atom stereocenters. The molecule has 0 fully saturated rings. The number of carbonyl (C=O) groups is 1. The van der Waals surface area contributed by atoms with Gasteiger partial charge in [-0.1, -0.05) is 6.07 Å². The molecule has 1 amide bonds. The number of benzene rings is 1. The lowest BCUT2D eigenvalue weighted by Gasteiger charge is -2.11. The number of nitrogens with one attached hydrogen (secondary N) is 1. The van der Waals surface area contributed by atoms with Gasteiger partial charge in [-0.25, -0.2) is 4.39 Å². The standard InChI is InChI=1S/C14H10F4N2O2/c15-10-2-1-3-11(6-10)19-12(21)8-20-7-9(14(16,17)18)4-5-13(20)22/h1-7H,8H2,(H,19,21). The second kappa shape index (κ2) is 6.00. The Morgan fingerprint density at radius 2 is 1.91 bits per heavy atom. The molecule has 0 spiro atoms. The highest BCUT2D eigenvalue weighted by atomic mass is 19.4. The molecule has 1 N–H and O–H groups in total. The van der Waals surface area contributed by atoms with Gasteiger partial charge in [-0.05, 0) is 24.3 Å². The Balaban J connectivity index is 2.16. The highest BCUT2D eigenvalue weighted by Crippen LogP contribution is 2.27. The molecule has 0 aliphatic carbocycles. The lowest BCUT2D eigenvalue weighted by Crippen LogP contribution is -2.28. The van der Waals surface area contributed by atoms with Crippen molar-refractivity contribution < 1.29 is 22.4 Å². The molecule has 22 heavy (non-hydrogen) atoms. The first-order valence-electron chi connectivity index (χ1n) is 6.09. The summed E-state index contributed by atoms with van der Waals surface area (Å²) in [6.45, 7) is -0.612. The highest BCUT2D eigenvalue weighted by molar-refractivity contribution is 5.90. The molecule has 8 heteroatoms. The topological polar surface area (TPSA) is 51.1 Å². The minimum Gasteiger partial charge on any atom is -0.324 e. The molecule has 1 aromatic carbocycles. The molecule has 0 saturated heterocycles. The molecule has 0 aliphatic rings. The van der Waals surface area contributed by atoms with Crippen molar-refractivity contribution in [3.63, 3.8) is 0 Å². The Kier molecular flexibility index (Phi) is 4.30. The number of nitrogens with zero attached hydrogens (tertiary/aromatic N) is 1. The zero-order chi connectivity index (χ0) is 16.3. The van der Waals surface area contributed by atoms with Crippen LogP contribution in [0.3, 0.4) is 0 Å². The number of halogens is 4. The molecule has 2 aromatic rings. The number of anilines is 1. The van der Waals surface area contributed by atoms with Gasteiger partial charge >= 0.3 is 6.18 Å². The van der Waals surface area contributed by atoms with E-state index in [1.54, 1.807) is 0 Å². The SMILES string of the molecule is O=C(Cn1cc(C(F)(F)F)ccc1=O)Nc1cccc(F)c1. The second-order valence-corrected chi connectivity index (χ2v) is 4.44. The fraction of sp³-hybridized carbons (Fsp3) is 0.143. The molecular weight excluding hydrogens is 304 g/mol. The van der Waals surface area contributed by atoms with E-state index in [0.717, 1.165) is 12.1 Å². The Bertz CT molecular complexity index is 753. The molecule has 0 atom stereocenters. The minimum absolute atomic E-state index is 0.144. The quantitative estimate of drug-likeness (QED) is 0.886. The number of hydrogen-bond acceptors (Lipinski definition) is 2. The summed E-state index contributed by atoms with van der Waals surface area (Å²) in [4.78, 5) is 23.2. The van der Waals surface area contributed by atoms with Gasteiger partial charge < -0.3 is 9.88 Å². The molecule has 116 valence electrons. The van der Waals surface area contributed by atoms with Gasteiger partial charge in [-0.3, -0.25) is 9.59 Å². The first-order chi connectivity index (χ1) is 10.3. The van der Waals surface area contributed by atoms with Gasteiger partial charge in [-0.15, -0.1) is 0 Å². The maximum atomic E-state index is 13.0. The van der Waals surface area contributed by atoms with E-state index in [9.17, 15) is 27.2 Å². The van der Waals surface area contributed by atoms with Crippen LogP contribution in [0.4, 0.5) is 23.2 Å². The summed E-state index contributed by atoms with van der Waals surface area (Å²) < 4.78 is 51.3. The first kappa shape index (κ1) is 15.7. The van der Waals surface area contributed by atoms with E-state index in [-0.39, 0.29) is 5.69 Å². The minimum atomic E-state index is -4.62. The predicted octanol–water partition coefficient (Wildman–Crippen LogP) is 2.64. The lowest BCUT2D eigenvalue weighted by molar-refractivity contribution is -0.138. The molecule has 4 nitrogen and oxygen atoms in total. The number of aromatic nitrogens is 1. The summed E-state index contributed by atoms with van der Waals surface area (Å²) in [5.41, 5.74) is -1.64. The summed E-state index contributed by atoms with van der Waals surface area (Å²) in [7, 11) is 0. The first-order valence-corrected chi connectivity index (χ1v) is 6.09. The number of pyridine rings is 1. The Morgan fingerprint density at radius 3 is 2.55 bits per heavy atom. The molecule has 0 radical (unpaired) electrons. The maximum absolute atomic E-state index is 13.0. The maximum Gasteiger partial charge on any atom is 0.417 e. The van der Waals surface area contributed by atoms with Gasteiger partial charge in [0.05, 0.1) is 5.56 Å². The fourth-order valence-corrected chi connectivity index (χ4v) is 1.74. The molecule has 0 aliphatic heterocycles. The van der Waals surface area contributed by atoms with Crippen LogP contribution in [0, 0.1) is 5.82 Å². The van der Waals surface area contributed by atoms with Crippen LogP contribution in [0.2, 0.25) is 0 Å². The van der Waals surface area contributed by atoms with E-state index in [1.165, 1.54) is 18.2 Å². The predicted molar refractivity (Wildman–Crippen MR) is 70.7 cm³/mol. The van der Waals surface area contributed by atoms with E-state index in [2.05, 4.69) is 5.32 Å². The average Bonchev–Trinajstić information content (AvgIpc) is 2.40. The molecule has 0 bridgehead atoms. The molecule has 1 heterocycles. The normalized spacial score (nSPS) is 11.3. The number of hydrogen-bond donors (Lipinski definition) is 1. The van der Waals surface area contributed by atoms with Gasteiger partial charge in [-0.2, -0.15) is 13.2 Å². The van der Waals surface area contributed by atoms with Crippen LogP contribution in [-0.2, 0) is 17.5 Å². The van der Waals surface area contributed by atoms with Crippen molar-refractivity contribution in [1.29, 1.82) is 0 Å². The van der Waals surface area contributed by atoms with Crippen LogP contribution in [-0.4, -0.2) is 10.5 Å². The number of carbonyl (C=O) groups excluding carboxylic acids is 1. The van der Waals surface area contributed by atoms with Crippen LogP contribution in [0.5, 0.6) is 0 Å². The van der Waals surface area contributed by atoms with Gasteiger partial charge in [0.25, 0.3) is 5.56 Å². The zero-order valence-electron chi connectivity index (χ0n) is 11.0. The van der Waals surface area contributed by atoms with Crippen LogP contribution in [0.25, 0.3) is 0 Å². The van der Waals surface area contributed by atoms with Crippen LogP contribution in [0.1, 0.15) is 5.56 Å². The summed E-state index contributed by atoms with van der Waals surface area (Å²) in [5, 5.41) is 2.30. The van der Waals surface area contributed by atoms with Gasteiger partial charge in [0.15, 0.2) is 0 Å². The van der Waals surface area contributed by atoms with Crippen molar-refractivity contribution in [2.45, 2.75) is 12.7 Å². The van der Waals surface area contributed by atoms with Crippen molar-refractivity contribution in [2.75, 3.05) is 5.32 Å². The number of rotatable bonds is 3. The van der Waals surface area contributed by atoms with E-state index in [0.29, 0.717) is 16.8 Å². The van der Waals surface area contributed by atoms with Crippen molar-refractivity contribution in [1.82, 2.24) is 4.57 Å². The van der Waals surface area contributed by atoms with Gasteiger partial charge in [0.1, 0.15) is 12.4 Å². The Labute approximate surface area is 122 Å². The highest BCUT2D eigenvalue weighted by Gasteiger charge is 2.31. The largest absolute Gasteiger partial charge is 0.417 e. The zero-order valence-corrected chi connectivity index (χ0v) is 11.0. The monoisotopic (exact) mass is 314 g/mol. The number of amides is 1. The van der Waals surface area contributed by atoms with Crippen molar-refractivity contribution in [3.8, 4) is 0 Å². The third kappa shape index (κ3) is 3.94. The second-order valence-electron chi connectivity index (χ2n) is 4.44. The van der Waals surface area contributed by atoms with Gasteiger partial charge in [0, 0.05) is 18.0 Å². The molecule has 1 aromatic heterocycles. The van der Waals surface area contributed by atoms with Gasteiger partial charge in [0.2, 0.25) is 5.91 Å². The smallest absolute Gasteiger partial charge is 0.324 e. The van der Waals surface area contributed by atoms with Crippen LogP contribution < -0.4 is 10.9 Å².